The number of hydrogen-bond acceptors (Lipinski definition) is 4. The quantitative estimate of drug-likeness (QED) is 0.747. The highest BCUT2D eigenvalue weighted by atomic mass is 32.1. The molecule has 3 rings (SSSR count). The summed E-state index contributed by atoms with van der Waals surface area (Å²) in [4.78, 5) is 1.21. The van der Waals surface area contributed by atoms with Crippen LogP contribution in [0.25, 0.3) is 10.6 Å². The predicted molar refractivity (Wildman–Crippen MR) is 75.9 cm³/mol. The number of hydrogen-bond donors (Lipinski definition) is 2. The van der Waals surface area contributed by atoms with E-state index in [1.165, 1.54) is 10.4 Å². The van der Waals surface area contributed by atoms with Gasteiger partial charge in [-0.05, 0) is 30.5 Å². The lowest BCUT2D eigenvalue weighted by Crippen LogP contribution is -2.17. The number of H-pyrrole nitrogens is 1. The largest absolute Gasteiger partial charge is 0.468 e. The third-order valence-electron chi connectivity index (χ3n) is 3.05. The van der Waals surface area contributed by atoms with Gasteiger partial charge < -0.3 is 9.73 Å². The zero-order chi connectivity index (χ0) is 13.1. The highest BCUT2D eigenvalue weighted by molar-refractivity contribution is 7.13. The molecular weight excluding hydrogens is 258 g/mol. The van der Waals surface area contributed by atoms with Gasteiger partial charge in [0.1, 0.15) is 5.76 Å². The molecule has 0 radical (unpaired) electrons. The number of aromatic nitrogens is 2. The van der Waals surface area contributed by atoms with Gasteiger partial charge in [0.25, 0.3) is 0 Å². The fraction of sp³-hybridized carbons (Fsp3) is 0.214. The fourth-order valence-electron chi connectivity index (χ4n) is 1.98. The van der Waals surface area contributed by atoms with E-state index in [2.05, 4.69) is 33.9 Å². The van der Waals surface area contributed by atoms with Crippen molar-refractivity contribution in [2.24, 2.45) is 0 Å². The second-order valence-electron chi connectivity index (χ2n) is 4.37. The Hall–Kier alpha value is -1.85. The first kappa shape index (κ1) is 12.2. The third kappa shape index (κ3) is 2.62. The van der Waals surface area contributed by atoms with Crippen LogP contribution >= 0.6 is 11.3 Å². The number of rotatable bonds is 5. The second-order valence-corrected chi connectivity index (χ2v) is 5.31. The Balaban J connectivity index is 1.70. The Labute approximate surface area is 115 Å². The van der Waals surface area contributed by atoms with Gasteiger partial charge in [-0.15, -0.1) is 11.3 Å². The Kier molecular flexibility index (Phi) is 3.48. The predicted octanol–water partition coefficient (Wildman–Crippen LogP) is 3.58. The molecule has 2 N–H and O–H groups in total. The van der Waals surface area contributed by atoms with Crippen molar-refractivity contribution >= 4 is 11.3 Å². The van der Waals surface area contributed by atoms with Crippen LogP contribution in [0.1, 0.15) is 24.3 Å². The SMILES string of the molecule is CC(NCc1cn[nH]c1-c1cccs1)c1ccco1. The van der Waals surface area contributed by atoms with Crippen LogP contribution < -0.4 is 5.32 Å². The minimum atomic E-state index is 0.182. The molecule has 0 amide bonds. The van der Waals surface area contributed by atoms with Crippen LogP contribution in [0.5, 0.6) is 0 Å². The van der Waals surface area contributed by atoms with Crippen molar-refractivity contribution in [3.63, 3.8) is 0 Å². The van der Waals surface area contributed by atoms with Crippen LogP contribution in [0.4, 0.5) is 0 Å². The number of nitrogens with one attached hydrogen (secondary N) is 2. The van der Waals surface area contributed by atoms with Gasteiger partial charge in [-0.3, -0.25) is 5.10 Å². The van der Waals surface area contributed by atoms with Crippen LogP contribution in [0.2, 0.25) is 0 Å². The molecule has 1 unspecified atom stereocenters. The number of furan rings is 1. The molecule has 0 aliphatic heterocycles. The summed E-state index contributed by atoms with van der Waals surface area (Å²) in [6.45, 7) is 2.84. The van der Waals surface area contributed by atoms with Gasteiger partial charge in [0.15, 0.2) is 0 Å². The molecule has 0 saturated carbocycles. The molecule has 0 spiro atoms. The molecular formula is C14H15N3OS. The van der Waals surface area contributed by atoms with Crippen molar-refractivity contribution in [1.82, 2.24) is 15.5 Å². The molecule has 5 heteroatoms. The van der Waals surface area contributed by atoms with Crippen LogP contribution in [-0.4, -0.2) is 10.2 Å². The molecule has 0 aliphatic rings. The van der Waals surface area contributed by atoms with Crippen LogP contribution in [0, 0.1) is 0 Å². The first-order valence-corrected chi connectivity index (χ1v) is 7.05. The Morgan fingerprint density at radius 1 is 1.42 bits per heavy atom. The third-order valence-corrected chi connectivity index (χ3v) is 3.94. The lowest BCUT2D eigenvalue weighted by molar-refractivity contribution is 0.430. The van der Waals surface area contributed by atoms with Crippen LogP contribution in [0.3, 0.4) is 0 Å². The summed E-state index contributed by atoms with van der Waals surface area (Å²) in [5.41, 5.74) is 2.26. The normalized spacial score (nSPS) is 12.7. The van der Waals surface area contributed by atoms with E-state index in [4.69, 9.17) is 4.42 Å². The van der Waals surface area contributed by atoms with Gasteiger partial charge in [-0.1, -0.05) is 6.07 Å². The van der Waals surface area contributed by atoms with E-state index >= 15 is 0 Å². The van der Waals surface area contributed by atoms with Gasteiger partial charge in [0.2, 0.25) is 0 Å². The molecule has 0 bridgehead atoms. The maximum absolute atomic E-state index is 5.38. The Bertz CT molecular complexity index is 613. The lowest BCUT2D eigenvalue weighted by Gasteiger charge is -2.10. The van der Waals surface area contributed by atoms with Crippen molar-refractivity contribution in [2.45, 2.75) is 19.5 Å². The first-order chi connectivity index (χ1) is 9.34. The van der Waals surface area contributed by atoms with Gasteiger partial charge in [0, 0.05) is 12.1 Å². The van der Waals surface area contributed by atoms with Crippen molar-refractivity contribution < 1.29 is 4.42 Å². The molecule has 0 aliphatic carbocycles. The number of aromatic amines is 1. The van der Waals surface area contributed by atoms with Crippen molar-refractivity contribution in [2.75, 3.05) is 0 Å². The lowest BCUT2D eigenvalue weighted by atomic mass is 10.2. The van der Waals surface area contributed by atoms with E-state index < -0.39 is 0 Å². The minimum Gasteiger partial charge on any atom is -0.468 e. The average molecular weight is 273 g/mol. The molecule has 0 aromatic carbocycles. The van der Waals surface area contributed by atoms with Gasteiger partial charge in [0.05, 0.1) is 29.1 Å². The average Bonchev–Trinajstić information content (AvgIpc) is 3.14. The number of nitrogens with zero attached hydrogens (tertiary/aromatic N) is 1. The zero-order valence-corrected chi connectivity index (χ0v) is 11.4. The zero-order valence-electron chi connectivity index (χ0n) is 10.6. The fourth-order valence-corrected chi connectivity index (χ4v) is 2.74. The van der Waals surface area contributed by atoms with Gasteiger partial charge in [-0.2, -0.15) is 5.10 Å². The highest BCUT2D eigenvalue weighted by Crippen LogP contribution is 2.26. The van der Waals surface area contributed by atoms with Crippen molar-refractivity contribution in [3.05, 3.63) is 53.4 Å². The molecule has 3 aromatic heterocycles. The van der Waals surface area contributed by atoms with E-state index in [1.54, 1.807) is 17.6 Å². The summed E-state index contributed by atoms with van der Waals surface area (Å²) in [5.74, 6) is 0.946. The van der Waals surface area contributed by atoms with Crippen LogP contribution in [-0.2, 0) is 6.54 Å². The van der Waals surface area contributed by atoms with Crippen molar-refractivity contribution in [1.29, 1.82) is 0 Å². The molecule has 0 saturated heterocycles. The summed E-state index contributed by atoms with van der Waals surface area (Å²) >= 11 is 1.71. The van der Waals surface area contributed by atoms with Crippen LogP contribution in [0.15, 0.2) is 46.5 Å². The summed E-state index contributed by atoms with van der Waals surface area (Å²) < 4.78 is 5.38. The molecule has 3 heterocycles. The molecule has 4 nitrogen and oxygen atoms in total. The summed E-state index contributed by atoms with van der Waals surface area (Å²) in [7, 11) is 0. The minimum absolute atomic E-state index is 0.182. The standard InChI is InChI=1S/C14H15N3OS/c1-10(12-4-2-6-18-12)15-8-11-9-16-17-14(11)13-5-3-7-19-13/h2-7,9-10,15H,8H2,1H3,(H,16,17). The number of thiophene rings is 1. The first-order valence-electron chi connectivity index (χ1n) is 6.17. The topological polar surface area (TPSA) is 53.9 Å². The smallest absolute Gasteiger partial charge is 0.120 e. The van der Waals surface area contributed by atoms with E-state index in [9.17, 15) is 0 Å². The molecule has 3 aromatic rings. The van der Waals surface area contributed by atoms with Crippen molar-refractivity contribution in [3.8, 4) is 10.6 Å². The molecule has 1 atom stereocenters. The maximum Gasteiger partial charge on any atom is 0.120 e. The molecule has 19 heavy (non-hydrogen) atoms. The Morgan fingerprint density at radius 2 is 2.37 bits per heavy atom. The Morgan fingerprint density at radius 3 is 3.11 bits per heavy atom. The summed E-state index contributed by atoms with van der Waals surface area (Å²) in [5, 5.41) is 12.7. The summed E-state index contributed by atoms with van der Waals surface area (Å²) in [6, 6.07) is 8.21. The maximum atomic E-state index is 5.38. The van der Waals surface area contributed by atoms with Gasteiger partial charge >= 0.3 is 0 Å². The second kappa shape index (κ2) is 5.42. The van der Waals surface area contributed by atoms with E-state index in [-0.39, 0.29) is 6.04 Å². The monoisotopic (exact) mass is 273 g/mol. The highest BCUT2D eigenvalue weighted by Gasteiger charge is 2.11. The van der Waals surface area contributed by atoms with E-state index in [1.807, 2.05) is 24.4 Å². The molecule has 0 fully saturated rings. The van der Waals surface area contributed by atoms with E-state index in [0.717, 1.165) is 18.0 Å². The van der Waals surface area contributed by atoms with Gasteiger partial charge in [-0.25, -0.2) is 0 Å². The molecule has 98 valence electrons. The summed E-state index contributed by atoms with van der Waals surface area (Å²) in [6.07, 6.45) is 3.57. The van der Waals surface area contributed by atoms with E-state index in [0.29, 0.717) is 0 Å².